The maximum Gasteiger partial charge on any atom is 0.257 e. The Hall–Kier alpha value is -4.04. The van der Waals surface area contributed by atoms with Crippen LogP contribution in [-0.2, 0) is 23.5 Å². The predicted molar refractivity (Wildman–Crippen MR) is 171 cm³/mol. The Balaban J connectivity index is 1.08. The number of nitrogens with one attached hydrogen (secondary N) is 3. The van der Waals surface area contributed by atoms with Crippen molar-refractivity contribution in [2.24, 2.45) is 0 Å². The van der Waals surface area contributed by atoms with Crippen LogP contribution in [0.4, 0.5) is 5.13 Å². The van der Waals surface area contributed by atoms with Crippen molar-refractivity contribution in [2.45, 2.75) is 35.9 Å². The van der Waals surface area contributed by atoms with Gasteiger partial charge >= 0.3 is 0 Å². The number of thiazole rings is 1. The number of aliphatic hydroxyl groups excluding tert-OH is 1. The summed E-state index contributed by atoms with van der Waals surface area (Å²) in [5, 5.41) is 16.4. The Labute approximate surface area is 264 Å². The number of piperazine rings is 1. The predicted octanol–water partition coefficient (Wildman–Crippen LogP) is 3.41. The number of amides is 3. The number of H-pyrrole nitrogens is 1. The molecule has 4 aromatic rings. The van der Waals surface area contributed by atoms with Crippen molar-refractivity contribution in [3.8, 4) is 0 Å². The fourth-order valence-corrected chi connectivity index (χ4v) is 6.62. The van der Waals surface area contributed by atoms with Crippen molar-refractivity contribution < 1.29 is 19.5 Å². The fraction of sp³-hybridized carbons (Fsp3) is 0.323. The van der Waals surface area contributed by atoms with Gasteiger partial charge in [0, 0.05) is 80.9 Å². The van der Waals surface area contributed by atoms with E-state index in [1.54, 1.807) is 59.3 Å². The van der Waals surface area contributed by atoms with Crippen molar-refractivity contribution in [1.29, 1.82) is 0 Å². The molecule has 0 unspecified atom stereocenters. The summed E-state index contributed by atoms with van der Waals surface area (Å²) in [6.45, 7) is 4.30. The highest BCUT2D eigenvalue weighted by atomic mass is 32.2. The summed E-state index contributed by atoms with van der Waals surface area (Å²) < 4.78 is 0.951. The van der Waals surface area contributed by atoms with Gasteiger partial charge in [0.2, 0.25) is 5.91 Å². The fourth-order valence-electron chi connectivity index (χ4n) is 4.81. The van der Waals surface area contributed by atoms with Crippen LogP contribution in [0.1, 0.15) is 44.5 Å². The highest BCUT2D eigenvalue weighted by Gasteiger charge is 2.23. The first-order chi connectivity index (χ1) is 21.4. The molecule has 2 aromatic carbocycles. The lowest BCUT2D eigenvalue weighted by atomic mass is 10.1. The molecule has 1 fully saturated rings. The first kappa shape index (κ1) is 31.4. The Morgan fingerprint density at radius 2 is 1.80 bits per heavy atom. The van der Waals surface area contributed by atoms with Crippen molar-refractivity contribution in [3.63, 3.8) is 0 Å². The van der Waals surface area contributed by atoms with Gasteiger partial charge in [-0.2, -0.15) is 0 Å². The van der Waals surface area contributed by atoms with Gasteiger partial charge in [0.05, 0.1) is 23.3 Å². The van der Waals surface area contributed by atoms with Gasteiger partial charge in [0.25, 0.3) is 11.8 Å². The number of carbonyl (C=O) groups excluding carboxylic acids is 3. The maximum absolute atomic E-state index is 13.0. The second-order valence-corrected chi connectivity index (χ2v) is 12.8. The van der Waals surface area contributed by atoms with Crippen molar-refractivity contribution in [1.82, 2.24) is 30.1 Å². The summed E-state index contributed by atoms with van der Waals surface area (Å²) in [5.41, 5.74) is 4.13. The third-order valence-corrected chi connectivity index (χ3v) is 9.50. The highest BCUT2D eigenvalue weighted by Crippen LogP contribution is 2.31. The molecule has 11 nitrogen and oxygen atoms in total. The summed E-state index contributed by atoms with van der Waals surface area (Å²) >= 11 is 3.00. The highest BCUT2D eigenvalue weighted by molar-refractivity contribution is 8.00. The number of carbonyl (C=O) groups is 3. The van der Waals surface area contributed by atoms with Crippen LogP contribution in [0.25, 0.3) is 0 Å². The molecule has 2 aromatic heterocycles. The molecule has 1 atom stereocenters. The minimum Gasteiger partial charge on any atom is -0.395 e. The average Bonchev–Trinajstić information content (AvgIpc) is 3.74. The number of hydrogen-bond acceptors (Lipinski definition) is 9. The number of aromatic nitrogens is 3. The number of benzene rings is 2. The second kappa shape index (κ2) is 15.1. The lowest BCUT2D eigenvalue weighted by Crippen LogP contribution is -2.50. The van der Waals surface area contributed by atoms with Gasteiger partial charge in [-0.1, -0.05) is 35.6 Å². The SMILES string of the molecule is CC(=O)N1CCN(C(=O)c2cccc(CSc3cnc(NC(=O)c4ccc(CN[C@@H](CO)Cc5cnc[nH]5)cc4)s3)c2)CC1. The largest absolute Gasteiger partial charge is 0.395 e. The molecule has 13 heteroatoms. The van der Waals surface area contributed by atoms with E-state index in [-0.39, 0.29) is 30.4 Å². The van der Waals surface area contributed by atoms with Crippen molar-refractivity contribution >= 4 is 46.0 Å². The van der Waals surface area contributed by atoms with Gasteiger partial charge in [0.1, 0.15) is 0 Å². The standard InChI is InChI=1S/C31H35N7O4S2/c1-21(40)37-9-11-38(12-10-37)30(42)25-4-2-3-23(13-25)19-43-28-17-34-31(44-28)36-29(41)24-7-5-22(6-8-24)15-33-27(18-39)14-26-16-32-20-35-26/h2-8,13,16-17,20,27,33,39H,9-12,14-15,18-19H2,1H3,(H,32,35)(H,34,36,41)/t27-/m1/s1. The van der Waals surface area contributed by atoms with Gasteiger partial charge < -0.3 is 25.2 Å². The van der Waals surface area contributed by atoms with Crippen LogP contribution in [0.5, 0.6) is 0 Å². The molecule has 0 bridgehead atoms. The van der Waals surface area contributed by atoms with E-state index in [0.29, 0.717) is 61.2 Å². The Bertz CT molecular complexity index is 1550. The molecule has 0 radical (unpaired) electrons. The van der Waals surface area contributed by atoms with Gasteiger partial charge in [-0.15, -0.1) is 11.8 Å². The van der Waals surface area contributed by atoms with Gasteiger partial charge in [-0.25, -0.2) is 9.97 Å². The van der Waals surface area contributed by atoms with Crippen LogP contribution < -0.4 is 10.6 Å². The number of rotatable bonds is 12. The lowest BCUT2D eigenvalue weighted by Gasteiger charge is -2.34. The summed E-state index contributed by atoms with van der Waals surface area (Å²) in [7, 11) is 0. The zero-order valence-corrected chi connectivity index (χ0v) is 26.0. The van der Waals surface area contributed by atoms with E-state index in [1.165, 1.54) is 11.3 Å². The molecule has 44 heavy (non-hydrogen) atoms. The zero-order valence-electron chi connectivity index (χ0n) is 24.4. The van der Waals surface area contributed by atoms with Crippen LogP contribution in [-0.4, -0.2) is 86.4 Å². The Morgan fingerprint density at radius 3 is 2.50 bits per heavy atom. The van der Waals surface area contributed by atoms with E-state index in [0.717, 1.165) is 21.0 Å². The lowest BCUT2D eigenvalue weighted by molar-refractivity contribution is -0.130. The molecule has 1 saturated heterocycles. The minimum absolute atomic E-state index is 0.00146. The van der Waals surface area contributed by atoms with Crippen molar-refractivity contribution in [3.05, 3.63) is 95.2 Å². The van der Waals surface area contributed by atoms with Gasteiger partial charge in [-0.3, -0.25) is 19.7 Å². The van der Waals surface area contributed by atoms with Crippen LogP contribution in [0.15, 0.2) is 71.5 Å². The van der Waals surface area contributed by atoms with Crippen molar-refractivity contribution in [2.75, 3.05) is 38.1 Å². The molecule has 230 valence electrons. The average molecular weight is 634 g/mol. The number of thioether (sulfide) groups is 1. The molecule has 1 aliphatic rings. The van der Waals surface area contributed by atoms with Crippen LogP contribution in [0.2, 0.25) is 0 Å². The smallest absolute Gasteiger partial charge is 0.257 e. The molecule has 0 aliphatic carbocycles. The molecule has 0 saturated carbocycles. The number of anilines is 1. The van der Waals surface area contributed by atoms with Crippen LogP contribution in [0, 0.1) is 0 Å². The molecule has 0 spiro atoms. The quantitative estimate of drug-likeness (QED) is 0.174. The number of aliphatic hydroxyl groups is 1. The number of hydrogen-bond donors (Lipinski definition) is 4. The third-order valence-electron chi connectivity index (χ3n) is 7.32. The summed E-state index contributed by atoms with van der Waals surface area (Å²) in [4.78, 5) is 52.4. The molecular formula is C31H35N7O4S2. The van der Waals surface area contributed by atoms with E-state index in [9.17, 15) is 19.5 Å². The summed E-state index contributed by atoms with van der Waals surface area (Å²) in [6, 6.07) is 14.8. The van der Waals surface area contributed by atoms with E-state index in [2.05, 4.69) is 25.6 Å². The van der Waals surface area contributed by atoms with Gasteiger partial charge in [0.15, 0.2) is 5.13 Å². The number of imidazole rings is 1. The Morgan fingerprint density at radius 1 is 1.02 bits per heavy atom. The monoisotopic (exact) mass is 633 g/mol. The molecule has 1 aliphatic heterocycles. The maximum atomic E-state index is 13.0. The zero-order chi connectivity index (χ0) is 30.9. The summed E-state index contributed by atoms with van der Waals surface area (Å²) in [5.74, 6) is 0.435. The first-order valence-corrected chi connectivity index (χ1v) is 16.1. The normalized spacial score (nSPS) is 14.0. The third kappa shape index (κ3) is 8.53. The number of aromatic amines is 1. The minimum atomic E-state index is -0.238. The molecule has 3 amide bonds. The van der Waals surface area contributed by atoms with E-state index in [4.69, 9.17) is 0 Å². The van der Waals surface area contributed by atoms with E-state index >= 15 is 0 Å². The Kier molecular flexibility index (Phi) is 10.8. The first-order valence-electron chi connectivity index (χ1n) is 14.3. The molecule has 3 heterocycles. The van der Waals surface area contributed by atoms with Crippen LogP contribution >= 0.6 is 23.1 Å². The van der Waals surface area contributed by atoms with E-state index in [1.807, 2.05) is 36.4 Å². The topological polar surface area (TPSA) is 144 Å². The molecule has 5 rings (SSSR count). The summed E-state index contributed by atoms with van der Waals surface area (Å²) in [6.07, 6.45) is 5.74. The molecular weight excluding hydrogens is 599 g/mol. The van der Waals surface area contributed by atoms with E-state index < -0.39 is 0 Å². The second-order valence-electron chi connectivity index (χ2n) is 10.5. The van der Waals surface area contributed by atoms with Gasteiger partial charge in [-0.05, 0) is 35.4 Å². The molecule has 4 N–H and O–H groups in total. The number of nitrogens with zero attached hydrogens (tertiary/aromatic N) is 4. The van der Waals surface area contributed by atoms with Crippen LogP contribution in [0.3, 0.4) is 0 Å².